The van der Waals surface area contributed by atoms with Crippen LogP contribution in [-0.4, -0.2) is 25.2 Å². The van der Waals surface area contributed by atoms with Crippen LogP contribution in [0.4, 0.5) is 0 Å². The number of hydrogen-bond acceptors (Lipinski definition) is 5. The molecule has 1 aliphatic rings. The van der Waals surface area contributed by atoms with Crippen molar-refractivity contribution >= 4 is 0 Å². The zero-order valence-electron chi connectivity index (χ0n) is 16.7. The van der Waals surface area contributed by atoms with E-state index in [2.05, 4.69) is 45.1 Å². The smallest absolute Gasteiger partial charge is 0.209 e. The van der Waals surface area contributed by atoms with Crippen molar-refractivity contribution < 1.29 is 9.32 Å². The van der Waals surface area contributed by atoms with Crippen molar-refractivity contribution in [1.29, 1.82) is 0 Å². The molecule has 0 radical (unpaired) electrons. The summed E-state index contributed by atoms with van der Waals surface area (Å²) in [5.41, 5.74) is 1.20. The Kier molecular flexibility index (Phi) is 5.81. The maximum absolute atomic E-state index is 5.68. The molecule has 2 atom stereocenters. The Hall–Kier alpha value is -2.54. The number of rotatable bonds is 8. The van der Waals surface area contributed by atoms with E-state index in [9.17, 15) is 0 Å². The molecule has 0 aliphatic heterocycles. The van der Waals surface area contributed by atoms with Gasteiger partial charge in [0, 0.05) is 23.9 Å². The molecular weight excluding hydrogens is 352 g/mol. The number of pyridine rings is 1. The molecular formula is C21H29N6O+. The van der Waals surface area contributed by atoms with E-state index in [-0.39, 0.29) is 6.04 Å². The first-order valence-corrected chi connectivity index (χ1v) is 10.3. The van der Waals surface area contributed by atoms with E-state index in [1.807, 2.05) is 30.6 Å². The van der Waals surface area contributed by atoms with Crippen molar-refractivity contribution in [2.75, 3.05) is 0 Å². The van der Waals surface area contributed by atoms with Gasteiger partial charge in [-0.1, -0.05) is 32.8 Å². The van der Waals surface area contributed by atoms with Gasteiger partial charge in [0.05, 0.1) is 12.3 Å². The minimum absolute atomic E-state index is 0.168. The van der Waals surface area contributed by atoms with Crippen molar-refractivity contribution in [1.82, 2.24) is 25.2 Å². The molecule has 0 saturated heterocycles. The molecule has 0 spiro atoms. The largest absolute Gasteiger partial charge is 0.463 e. The molecule has 1 aliphatic carbocycles. The van der Waals surface area contributed by atoms with Gasteiger partial charge in [-0.2, -0.15) is 0 Å². The van der Waals surface area contributed by atoms with E-state index in [1.54, 1.807) is 6.26 Å². The number of quaternary nitrogens is 1. The van der Waals surface area contributed by atoms with Crippen LogP contribution in [0, 0.1) is 5.92 Å². The molecule has 7 heteroatoms. The molecule has 1 saturated carbocycles. The van der Waals surface area contributed by atoms with Crippen LogP contribution < -0.4 is 4.90 Å². The van der Waals surface area contributed by atoms with Gasteiger partial charge in [-0.3, -0.25) is 4.98 Å². The number of aromatic nitrogens is 5. The van der Waals surface area contributed by atoms with Gasteiger partial charge in [0.25, 0.3) is 0 Å². The van der Waals surface area contributed by atoms with Crippen molar-refractivity contribution in [3.8, 4) is 0 Å². The Labute approximate surface area is 165 Å². The zero-order valence-corrected chi connectivity index (χ0v) is 16.7. The third-order valence-corrected chi connectivity index (χ3v) is 5.71. The average Bonchev–Trinajstić information content (AvgIpc) is 3.45. The molecule has 1 fully saturated rings. The molecule has 3 aromatic rings. The van der Waals surface area contributed by atoms with Gasteiger partial charge in [0.15, 0.2) is 11.8 Å². The number of nitrogens with zero attached hydrogens (tertiary/aromatic N) is 5. The van der Waals surface area contributed by atoms with Gasteiger partial charge in [-0.15, -0.1) is 5.10 Å². The van der Waals surface area contributed by atoms with Gasteiger partial charge in [0.1, 0.15) is 13.1 Å². The molecule has 3 heterocycles. The van der Waals surface area contributed by atoms with Crippen LogP contribution in [-0.2, 0) is 13.1 Å². The molecule has 4 rings (SSSR count). The van der Waals surface area contributed by atoms with Crippen LogP contribution in [0.3, 0.4) is 0 Å². The van der Waals surface area contributed by atoms with Crippen molar-refractivity contribution in [3.05, 3.63) is 60.1 Å². The molecule has 0 bridgehead atoms. The van der Waals surface area contributed by atoms with Crippen LogP contribution in [0.1, 0.15) is 68.8 Å². The van der Waals surface area contributed by atoms with E-state index in [4.69, 9.17) is 4.42 Å². The topological polar surface area (TPSA) is 74.1 Å². The molecule has 28 heavy (non-hydrogen) atoms. The Bertz CT molecular complexity index is 839. The highest BCUT2D eigenvalue weighted by molar-refractivity contribution is 5.07. The average molecular weight is 382 g/mol. The molecule has 0 aromatic carbocycles. The summed E-state index contributed by atoms with van der Waals surface area (Å²) in [6.07, 6.45) is 10.3. The summed E-state index contributed by atoms with van der Waals surface area (Å²) in [7, 11) is 0. The highest BCUT2D eigenvalue weighted by atomic mass is 16.3. The van der Waals surface area contributed by atoms with Crippen LogP contribution >= 0.6 is 0 Å². The van der Waals surface area contributed by atoms with E-state index in [0.717, 1.165) is 24.7 Å². The summed E-state index contributed by atoms with van der Waals surface area (Å²) in [6, 6.07) is 8.71. The number of nitrogens with one attached hydrogen (secondary N) is 1. The molecule has 0 amide bonds. The zero-order chi connectivity index (χ0) is 19.3. The minimum atomic E-state index is 0.168. The van der Waals surface area contributed by atoms with Crippen LogP contribution in [0.5, 0.6) is 0 Å². The van der Waals surface area contributed by atoms with Crippen molar-refractivity contribution in [2.24, 2.45) is 5.92 Å². The summed E-state index contributed by atoms with van der Waals surface area (Å²) in [5, 5.41) is 13.0. The second-order valence-corrected chi connectivity index (χ2v) is 8.09. The van der Waals surface area contributed by atoms with E-state index < -0.39 is 0 Å². The first kappa shape index (κ1) is 18.8. The van der Waals surface area contributed by atoms with Crippen LogP contribution in [0.25, 0.3) is 0 Å². The number of hydrogen-bond donors (Lipinski definition) is 1. The van der Waals surface area contributed by atoms with Gasteiger partial charge in [0.2, 0.25) is 5.82 Å². The summed E-state index contributed by atoms with van der Waals surface area (Å²) >= 11 is 0. The fraction of sp³-hybridized carbons (Fsp3) is 0.524. The van der Waals surface area contributed by atoms with Crippen molar-refractivity contribution in [2.45, 2.75) is 64.7 Å². The van der Waals surface area contributed by atoms with Gasteiger partial charge in [-0.25, -0.2) is 4.68 Å². The number of furan rings is 1. The van der Waals surface area contributed by atoms with Gasteiger partial charge in [-0.05, 0) is 41.5 Å². The maximum Gasteiger partial charge on any atom is 0.209 e. The Morgan fingerprint density at radius 1 is 1.18 bits per heavy atom. The van der Waals surface area contributed by atoms with Crippen LogP contribution in [0.2, 0.25) is 0 Å². The summed E-state index contributed by atoms with van der Waals surface area (Å²) in [5.74, 6) is 2.35. The molecule has 3 aromatic heterocycles. The molecule has 148 valence electrons. The van der Waals surface area contributed by atoms with E-state index >= 15 is 0 Å². The predicted octanol–water partition coefficient (Wildman–Crippen LogP) is 2.76. The van der Waals surface area contributed by atoms with Crippen LogP contribution in [0.15, 0.2) is 47.3 Å². The molecule has 7 nitrogen and oxygen atoms in total. The third-order valence-electron chi connectivity index (χ3n) is 5.71. The standard InChI is InChI=1S/C21H28N6O/c1-16(2)20(21-23-24-25-27(21)18-8-3-4-9-18)26(15-19-10-6-12-28-19)14-17-7-5-11-22-13-17/h5-7,10-13,16,18,20H,3-4,8-9,14-15H2,1-2H3/p+1/t20-/m0/s1. The van der Waals surface area contributed by atoms with Gasteiger partial charge >= 0.3 is 0 Å². The molecule has 1 unspecified atom stereocenters. The Morgan fingerprint density at radius 3 is 2.71 bits per heavy atom. The Morgan fingerprint density at radius 2 is 2.04 bits per heavy atom. The lowest BCUT2D eigenvalue weighted by molar-refractivity contribution is -0.963. The first-order chi connectivity index (χ1) is 13.7. The molecule has 1 N–H and O–H groups in total. The number of tetrazole rings is 1. The third kappa shape index (κ3) is 4.14. The lowest BCUT2D eigenvalue weighted by atomic mass is 10.00. The summed E-state index contributed by atoms with van der Waals surface area (Å²) in [6.45, 7) is 6.13. The first-order valence-electron chi connectivity index (χ1n) is 10.3. The van der Waals surface area contributed by atoms with Gasteiger partial charge < -0.3 is 9.32 Å². The lowest BCUT2D eigenvalue weighted by Gasteiger charge is -2.30. The van der Waals surface area contributed by atoms with E-state index in [0.29, 0.717) is 12.0 Å². The fourth-order valence-corrected chi connectivity index (χ4v) is 4.45. The summed E-state index contributed by atoms with van der Waals surface area (Å²) in [4.78, 5) is 5.67. The highest BCUT2D eigenvalue weighted by Crippen LogP contribution is 2.31. The highest BCUT2D eigenvalue weighted by Gasteiger charge is 2.35. The maximum atomic E-state index is 5.68. The quantitative estimate of drug-likeness (QED) is 0.649. The normalized spacial score (nSPS) is 17.2. The SMILES string of the molecule is CC(C)[C@@H](c1nnnn1C1CCCC1)[NH+](Cc1cccnc1)Cc1ccco1. The summed E-state index contributed by atoms with van der Waals surface area (Å²) < 4.78 is 7.78. The van der Waals surface area contributed by atoms with Crippen molar-refractivity contribution in [3.63, 3.8) is 0 Å². The second-order valence-electron chi connectivity index (χ2n) is 8.09. The minimum Gasteiger partial charge on any atom is -0.463 e. The van der Waals surface area contributed by atoms with E-state index in [1.165, 1.54) is 36.1 Å². The predicted molar refractivity (Wildman–Crippen MR) is 104 cm³/mol. The second kappa shape index (κ2) is 8.65. The Balaban J connectivity index is 1.67. The lowest BCUT2D eigenvalue weighted by Crippen LogP contribution is -3.10. The monoisotopic (exact) mass is 381 g/mol. The fourth-order valence-electron chi connectivity index (χ4n) is 4.45.